The topological polar surface area (TPSA) is 116 Å². The number of nitrogen functional groups attached to an aromatic ring is 1. The van der Waals surface area contributed by atoms with Crippen molar-refractivity contribution in [3.05, 3.63) is 60.2 Å². The molecule has 1 aliphatic rings. The van der Waals surface area contributed by atoms with Gasteiger partial charge in [0.25, 0.3) is 0 Å². The Morgan fingerprint density at radius 2 is 2.16 bits per heavy atom. The van der Waals surface area contributed by atoms with Crippen LogP contribution in [0.2, 0.25) is 0 Å². The van der Waals surface area contributed by atoms with Gasteiger partial charge in [-0.15, -0.1) is 5.10 Å². The van der Waals surface area contributed by atoms with E-state index in [4.69, 9.17) is 15.2 Å². The number of nitrogens with zero attached hydrogens (tertiary/aromatic N) is 5. The van der Waals surface area contributed by atoms with Crippen LogP contribution in [0.15, 0.2) is 48.8 Å². The Bertz CT molecular complexity index is 1240. The van der Waals surface area contributed by atoms with Crippen LogP contribution in [0, 0.1) is 5.82 Å². The predicted octanol–water partition coefficient (Wildman–Crippen LogP) is 3.60. The number of epoxide rings is 1. The van der Waals surface area contributed by atoms with Crippen molar-refractivity contribution in [3.63, 3.8) is 0 Å². The molecule has 0 saturated carbocycles. The Labute approximate surface area is 181 Å². The summed E-state index contributed by atoms with van der Waals surface area (Å²) in [6.45, 7) is 2.98. The van der Waals surface area contributed by atoms with Gasteiger partial charge in [0.15, 0.2) is 11.5 Å². The number of rotatable bonds is 7. The summed E-state index contributed by atoms with van der Waals surface area (Å²) in [4.78, 5) is 13.4. The molecule has 1 saturated heterocycles. The molecule has 1 fully saturated rings. The predicted molar refractivity (Wildman–Crippen MR) is 118 cm³/mol. The lowest BCUT2D eigenvalue weighted by Crippen LogP contribution is -2.11. The highest BCUT2D eigenvalue weighted by molar-refractivity contribution is 5.85. The average molecular weight is 427 g/mol. The highest BCUT2D eigenvalue weighted by atomic mass is 19.1. The number of aromatic nitrogens is 5. The zero-order valence-corrected chi connectivity index (χ0v) is 16.7. The molecule has 2 atom stereocenters. The van der Waals surface area contributed by atoms with Gasteiger partial charge in [0.1, 0.15) is 24.3 Å². The number of halogens is 1. The summed E-state index contributed by atoms with van der Waals surface area (Å²) < 4.78 is 25.8. The molecule has 4 heterocycles. The van der Waals surface area contributed by atoms with Crippen LogP contribution in [0.3, 0.4) is 0 Å². The molecule has 0 spiro atoms. The maximum Gasteiger partial charge on any atom is 0.319 e. The van der Waals surface area contributed by atoms with Crippen LogP contribution in [0.25, 0.3) is 16.9 Å². The number of fused-ring (bicyclic) bond motifs is 1. The summed E-state index contributed by atoms with van der Waals surface area (Å²) in [5, 5.41) is 7.62. The van der Waals surface area contributed by atoms with Gasteiger partial charge < -0.3 is 20.5 Å². The van der Waals surface area contributed by atoms with E-state index in [0.29, 0.717) is 41.8 Å². The fourth-order valence-corrected chi connectivity index (χ4v) is 3.23. The first-order chi connectivity index (χ1) is 15.1. The van der Waals surface area contributed by atoms with Crippen LogP contribution >= 0.6 is 0 Å². The molecule has 3 N–H and O–H groups in total. The number of benzene rings is 1. The van der Waals surface area contributed by atoms with Crippen molar-refractivity contribution in [2.75, 3.05) is 24.3 Å². The van der Waals surface area contributed by atoms with E-state index in [0.717, 1.165) is 5.56 Å². The van der Waals surface area contributed by atoms with E-state index in [1.807, 2.05) is 6.92 Å². The largest absolute Gasteiger partial charge is 0.461 e. The smallest absolute Gasteiger partial charge is 0.319 e. The fraction of sp³-hybridized carbons (Fsp3) is 0.238. The van der Waals surface area contributed by atoms with Crippen molar-refractivity contribution in [1.29, 1.82) is 0 Å². The van der Waals surface area contributed by atoms with Crippen LogP contribution < -0.4 is 15.8 Å². The first kappa shape index (κ1) is 19.2. The van der Waals surface area contributed by atoms with Crippen molar-refractivity contribution in [3.8, 4) is 17.3 Å². The quantitative estimate of drug-likeness (QED) is 0.430. The van der Waals surface area contributed by atoms with Gasteiger partial charge in [-0.3, -0.25) is 0 Å². The fourth-order valence-electron chi connectivity index (χ4n) is 3.23. The molecule has 1 aromatic carbocycles. The Morgan fingerprint density at radius 1 is 1.35 bits per heavy atom. The lowest BCUT2D eigenvalue weighted by molar-refractivity contribution is 0.247. The normalized spacial score (nSPS) is 16.3. The third-order valence-corrected chi connectivity index (χ3v) is 4.92. The molecule has 1 aliphatic heterocycles. The van der Waals surface area contributed by atoms with Crippen molar-refractivity contribution in [2.45, 2.75) is 19.1 Å². The van der Waals surface area contributed by atoms with Crippen LogP contribution in [0.5, 0.6) is 6.01 Å². The molecular weight excluding hydrogens is 401 g/mol. The minimum atomic E-state index is -0.283. The third kappa shape index (κ3) is 4.10. The number of anilines is 2. The van der Waals surface area contributed by atoms with Gasteiger partial charge in [-0.05, 0) is 30.7 Å². The van der Waals surface area contributed by atoms with Crippen LogP contribution in [-0.4, -0.2) is 43.9 Å². The molecule has 9 nitrogen and oxygen atoms in total. The lowest BCUT2D eigenvalue weighted by atomic mass is 10.1. The standard InChI is InChI=1S/C21H20FN7O2.3H2/c1-12(13-3-5-14(22)6-4-13)25-17-9-16(26-21(27-17)31-11-15-10-30-15)18-19(23)28-29-8-2-7-24-20(18)29;;;/h2-9,12,15H,10-11H2,1H3,(H2,23,28)(H,25,26,27);3*1H/t12-,15+;;;/m0.../s1. The van der Waals surface area contributed by atoms with E-state index in [9.17, 15) is 4.39 Å². The molecule has 0 aliphatic carbocycles. The SMILES string of the molecule is C[C@H](Nc1cc(-c2c(N)nn3cccnc23)nc(OC[C@H]2CO2)n1)c1ccc(F)cc1.[HH].[HH].[HH]. The molecule has 3 aromatic heterocycles. The molecule has 164 valence electrons. The molecule has 0 bridgehead atoms. The van der Waals surface area contributed by atoms with E-state index < -0.39 is 0 Å². The van der Waals surface area contributed by atoms with Gasteiger partial charge in [-0.25, -0.2) is 13.9 Å². The van der Waals surface area contributed by atoms with Crippen molar-refractivity contribution in [1.82, 2.24) is 24.6 Å². The summed E-state index contributed by atoms with van der Waals surface area (Å²) in [6.07, 6.45) is 3.49. The Kier molecular flexibility index (Phi) is 4.83. The van der Waals surface area contributed by atoms with Crippen LogP contribution in [0.1, 0.15) is 22.8 Å². The molecular formula is C21H26FN7O2. The second-order valence-corrected chi connectivity index (χ2v) is 7.25. The van der Waals surface area contributed by atoms with E-state index >= 15 is 0 Å². The summed E-state index contributed by atoms with van der Waals surface area (Å²) in [7, 11) is 0. The zero-order chi connectivity index (χ0) is 21.4. The number of ether oxygens (including phenoxy) is 2. The average Bonchev–Trinajstić information content (AvgIpc) is 3.53. The highest BCUT2D eigenvalue weighted by Gasteiger charge is 2.24. The zero-order valence-electron chi connectivity index (χ0n) is 16.7. The Morgan fingerprint density at radius 3 is 2.94 bits per heavy atom. The minimum Gasteiger partial charge on any atom is -0.461 e. The van der Waals surface area contributed by atoms with Crippen LogP contribution in [-0.2, 0) is 4.74 Å². The van der Waals surface area contributed by atoms with Crippen molar-refractivity contribution < 1.29 is 18.1 Å². The number of nitrogens with two attached hydrogens (primary N) is 1. The summed E-state index contributed by atoms with van der Waals surface area (Å²) in [5.74, 6) is 0.545. The van der Waals surface area contributed by atoms with Crippen molar-refractivity contribution >= 4 is 17.3 Å². The highest BCUT2D eigenvalue weighted by Crippen LogP contribution is 2.31. The Hall–Kier alpha value is -3.79. The second-order valence-electron chi connectivity index (χ2n) is 7.25. The summed E-state index contributed by atoms with van der Waals surface area (Å²) >= 11 is 0. The molecule has 0 unspecified atom stereocenters. The van der Waals surface area contributed by atoms with E-state index in [-0.39, 0.29) is 28.3 Å². The van der Waals surface area contributed by atoms with E-state index in [2.05, 4.69) is 25.4 Å². The van der Waals surface area contributed by atoms with Gasteiger partial charge >= 0.3 is 6.01 Å². The van der Waals surface area contributed by atoms with Gasteiger partial charge in [-0.2, -0.15) is 9.97 Å². The number of hydrogen-bond donors (Lipinski definition) is 2. The van der Waals surface area contributed by atoms with Gasteiger partial charge in [0.05, 0.1) is 17.9 Å². The molecule has 4 aromatic rings. The summed E-state index contributed by atoms with van der Waals surface area (Å²) in [6, 6.07) is 9.89. The van der Waals surface area contributed by atoms with E-state index in [1.165, 1.54) is 12.1 Å². The van der Waals surface area contributed by atoms with Gasteiger partial charge in [-0.1, -0.05) is 12.1 Å². The number of nitrogens with one attached hydrogen (secondary N) is 1. The molecule has 31 heavy (non-hydrogen) atoms. The molecule has 5 rings (SSSR count). The third-order valence-electron chi connectivity index (χ3n) is 4.92. The first-order valence-corrected chi connectivity index (χ1v) is 9.81. The molecule has 0 radical (unpaired) electrons. The maximum absolute atomic E-state index is 13.3. The summed E-state index contributed by atoms with van der Waals surface area (Å²) in [5.41, 5.74) is 8.78. The molecule has 0 amide bonds. The van der Waals surface area contributed by atoms with Crippen LogP contribution in [0.4, 0.5) is 16.0 Å². The number of hydrogen-bond acceptors (Lipinski definition) is 8. The first-order valence-electron chi connectivity index (χ1n) is 9.81. The lowest BCUT2D eigenvalue weighted by Gasteiger charge is -2.16. The van der Waals surface area contributed by atoms with E-state index in [1.54, 1.807) is 41.2 Å². The molecule has 10 heteroatoms. The monoisotopic (exact) mass is 427 g/mol. The van der Waals surface area contributed by atoms with Crippen molar-refractivity contribution in [2.24, 2.45) is 0 Å². The Balaban J connectivity index is 0.00000136. The van der Waals surface area contributed by atoms with Gasteiger partial charge in [0.2, 0.25) is 0 Å². The van der Waals surface area contributed by atoms with Gasteiger partial charge in [0, 0.05) is 28.8 Å². The second kappa shape index (κ2) is 7.80. The minimum absolute atomic E-state index is 0. The maximum atomic E-state index is 13.3.